The number of aromatic nitrogens is 1. The van der Waals surface area contributed by atoms with Gasteiger partial charge in [-0.3, -0.25) is 0 Å². The maximum Gasteiger partial charge on any atom is 0.0898 e. The van der Waals surface area contributed by atoms with Crippen LogP contribution in [-0.2, 0) is 0 Å². The zero-order valence-electron chi connectivity index (χ0n) is 10.3. The van der Waals surface area contributed by atoms with Crippen molar-refractivity contribution in [2.45, 2.75) is 52.0 Å². The van der Waals surface area contributed by atoms with E-state index in [4.69, 9.17) is 5.73 Å². The van der Waals surface area contributed by atoms with Crippen molar-refractivity contribution in [2.75, 3.05) is 0 Å². The van der Waals surface area contributed by atoms with Gasteiger partial charge in [-0.2, -0.15) is 0 Å². The molecule has 1 heterocycles. The maximum absolute atomic E-state index is 6.39. The fourth-order valence-electron chi connectivity index (χ4n) is 2.97. The minimum Gasteiger partial charge on any atom is -0.322 e. The Morgan fingerprint density at radius 1 is 1.50 bits per heavy atom. The summed E-state index contributed by atoms with van der Waals surface area (Å²) in [6.45, 7) is 4.35. The molecule has 16 heavy (non-hydrogen) atoms. The summed E-state index contributed by atoms with van der Waals surface area (Å²) in [5.41, 5.74) is 7.51. The SMILES string of the molecule is CCC1CCCCC1C(N)c1csc(C)n1. The van der Waals surface area contributed by atoms with E-state index in [0.717, 1.165) is 16.6 Å². The molecule has 0 spiro atoms. The largest absolute Gasteiger partial charge is 0.322 e. The second kappa shape index (κ2) is 5.28. The van der Waals surface area contributed by atoms with Crippen molar-refractivity contribution in [1.29, 1.82) is 0 Å². The Kier molecular flexibility index (Phi) is 3.98. The fourth-order valence-corrected chi connectivity index (χ4v) is 3.63. The average molecular weight is 238 g/mol. The van der Waals surface area contributed by atoms with E-state index in [9.17, 15) is 0 Å². The first-order chi connectivity index (χ1) is 7.72. The topological polar surface area (TPSA) is 38.9 Å². The summed E-state index contributed by atoms with van der Waals surface area (Å²) in [4.78, 5) is 4.55. The predicted molar refractivity (Wildman–Crippen MR) is 69.5 cm³/mol. The van der Waals surface area contributed by atoms with Crippen LogP contribution in [0.3, 0.4) is 0 Å². The summed E-state index contributed by atoms with van der Waals surface area (Å²) in [7, 11) is 0. The monoisotopic (exact) mass is 238 g/mol. The lowest BCUT2D eigenvalue weighted by molar-refractivity contribution is 0.195. The number of thiazole rings is 1. The van der Waals surface area contributed by atoms with Crippen LogP contribution < -0.4 is 5.73 Å². The predicted octanol–water partition coefficient (Wildman–Crippen LogP) is 3.67. The van der Waals surface area contributed by atoms with Crippen molar-refractivity contribution in [3.63, 3.8) is 0 Å². The lowest BCUT2D eigenvalue weighted by Gasteiger charge is -2.34. The lowest BCUT2D eigenvalue weighted by Crippen LogP contribution is -2.30. The highest BCUT2D eigenvalue weighted by Crippen LogP contribution is 2.39. The molecule has 2 nitrogen and oxygen atoms in total. The molecule has 0 aliphatic heterocycles. The third kappa shape index (κ3) is 2.46. The number of nitrogens with two attached hydrogens (primary N) is 1. The van der Waals surface area contributed by atoms with Gasteiger partial charge in [-0.1, -0.05) is 32.6 Å². The first-order valence-electron chi connectivity index (χ1n) is 6.40. The zero-order chi connectivity index (χ0) is 11.5. The Bertz CT molecular complexity index is 334. The minimum absolute atomic E-state index is 0.162. The first kappa shape index (κ1) is 12.1. The van der Waals surface area contributed by atoms with Gasteiger partial charge < -0.3 is 5.73 Å². The molecule has 0 saturated heterocycles. The third-order valence-corrected chi connectivity index (χ3v) is 4.72. The van der Waals surface area contributed by atoms with E-state index >= 15 is 0 Å². The van der Waals surface area contributed by atoms with Gasteiger partial charge in [0.15, 0.2) is 0 Å². The Morgan fingerprint density at radius 2 is 2.25 bits per heavy atom. The van der Waals surface area contributed by atoms with Crippen molar-refractivity contribution < 1.29 is 0 Å². The summed E-state index contributed by atoms with van der Waals surface area (Å²) < 4.78 is 0. The number of rotatable bonds is 3. The highest BCUT2D eigenvalue weighted by molar-refractivity contribution is 7.09. The van der Waals surface area contributed by atoms with Crippen LogP contribution in [0.15, 0.2) is 5.38 Å². The van der Waals surface area contributed by atoms with Crippen LogP contribution >= 0.6 is 11.3 Å². The van der Waals surface area contributed by atoms with Gasteiger partial charge in [0.05, 0.1) is 16.7 Å². The summed E-state index contributed by atoms with van der Waals surface area (Å²) in [6, 6.07) is 0.162. The number of nitrogens with zero attached hydrogens (tertiary/aromatic N) is 1. The van der Waals surface area contributed by atoms with Gasteiger partial charge in [0.25, 0.3) is 0 Å². The van der Waals surface area contributed by atoms with Crippen LogP contribution in [0.25, 0.3) is 0 Å². The van der Waals surface area contributed by atoms with Gasteiger partial charge in [0, 0.05) is 5.38 Å². The van der Waals surface area contributed by atoms with Crippen molar-refractivity contribution >= 4 is 11.3 Å². The van der Waals surface area contributed by atoms with Gasteiger partial charge in [-0.05, 0) is 25.2 Å². The lowest BCUT2D eigenvalue weighted by atomic mass is 9.73. The molecule has 0 bridgehead atoms. The number of hydrogen-bond donors (Lipinski definition) is 1. The molecule has 1 aliphatic carbocycles. The van der Waals surface area contributed by atoms with Crippen molar-refractivity contribution in [1.82, 2.24) is 4.98 Å². The number of aryl methyl sites for hydroxylation is 1. The zero-order valence-corrected chi connectivity index (χ0v) is 11.1. The van der Waals surface area contributed by atoms with Crippen LogP contribution in [0.4, 0.5) is 0 Å². The Balaban J connectivity index is 2.10. The van der Waals surface area contributed by atoms with Gasteiger partial charge in [-0.25, -0.2) is 4.98 Å². The second-order valence-electron chi connectivity index (χ2n) is 4.93. The van der Waals surface area contributed by atoms with E-state index in [1.54, 1.807) is 11.3 Å². The van der Waals surface area contributed by atoms with E-state index < -0.39 is 0 Å². The Labute approximate surface area is 102 Å². The standard InChI is InChI=1S/C13H22N2S/c1-3-10-6-4-5-7-11(10)13(14)12-8-16-9(2)15-12/h8,10-11,13H,3-7,14H2,1-2H3. The van der Waals surface area contributed by atoms with Crippen LogP contribution in [-0.4, -0.2) is 4.98 Å². The van der Waals surface area contributed by atoms with E-state index in [1.165, 1.54) is 32.1 Å². The summed E-state index contributed by atoms with van der Waals surface area (Å²) in [6.07, 6.45) is 6.64. The molecule has 0 radical (unpaired) electrons. The van der Waals surface area contributed by atoms with Crippen molar-refractivity contribution in [2.24, 2.45) is 17.6 Å². The fraction of sp³-hybridized carbons (Fsp3) is 0.769. The van der Waals surface area contributed by atoms with E-state index in [1.807, 2.05) is 0 Å². The Hall–Kier alpha value is -0.410. The normalized spacial score (nSPS) is 27.9. The van der Waals surface area contributed by atoms with E-state index in [2.05, 4.69) is 24.2 Å². The van der Waals surface area contributed by atoms with Crippen LogP contribution in [0, 0.1) is 18.8 Å². The summed E-state index contributed by atoms with van der Waals surface area (Å²) >= 11 is 1.71. The van der Waals surface area contributed by atoms with Crippen molar-refractivity contribution in [3.8, 4) is 0 Å². The molecule has 1 aromatic rings. The molecule has 0 aromatic carbocycles. The van der Waals surface area contributed by atoms with E-state index in [-0.39, 0.29) is 6.04 Å². The molecule has 3 atom stereocenters. The molecular weight excluding hydrogens is 216 g/mol. The third-order valence-electron chi connectivity index (χ3n) is 3.93. The molecule has 1 aliphatic rings. The quantitative estimate of drug-likeness (QED) is 0.872. The molecule has 90 valence electrons. The smallest absolute Gasteiger partial charge is 0.0898 e. The van der Waals surface area contributed by atoms with Gasteiger partial charge >= 0.3 is 0 Å². The van der Waals surface area contributed by atoms with Gasteiger partial charge in [-0.15, -0.1) is 11.3 Å². The van der Waals surface area contributed by atoms with Gasteiger partial charge in [0.2, 0.25) is 0 Å². The number of hydrogen-bond acceptors (Lipinski definition) is 3. The van der Waals surface area contributed by atoms with E-state index in [0.29, 0.717) is 5.92 Å². The Morgan fingerprint density at radius 3 is 2.88 bits per heavy atom. The summed E-state index contributed by atoms with van der Waals surface area (Å²) in [5.74, 6) is 1.46. The second-order valence-corrected chi connectivity index (χ2v) is 6.00. The maximum atomic E-state index is 6.39. The van der Waals surface area contributed by atoms with Crippen molar-refractivity contribution in [3.05, 3.63) is 16.1 Å². The highest BCUT2D eigenvalue weighted by atomic mass is 32.1. The highest BCUT2D eigenvalue weighted by Gasteiger charge is 2.30. The first-order valence-corrected chi connectivity index (χ1v) is 7.28. The molecule has 3 heteroatoms. The van der Waals surface area contributed by atoms with Crippen LogP contribution in [0.2, 0.25) is 0 Å². The van der Waals surface area contributed by atoms with Gasteiger partial charge in [0.1, 0.15) is 0 Å². The molecule has 3 unspecified atom stereocenters. The molecule has 2 rings (SSSR count). The average Bonchev–Trinajstić information content (AvgIpc) is 2.75. The van der Waals surface area contributed by atoms with Crippen LogP contribution in [0.1, 0.15) is 55.8 Å². The minimum atomic E-state index is 0.162. The molecule has 1 saturated carbocycles. The molecule has 1 aromatic heterocycles. The molecule has 2 N–H and O–H groups in total. The molecule has 0 amide bonds. The molecular formula is C13H22N2S. The molecule has 1 fully saturated rings. The van der Waals surface area contributed by atoms with Crippen LogP contribution in [0.5, 0.6) is 0 Å². The summed E-state index contributed by atoms with van der Waals surface area (Å²) in [5, 5.41) is 3.27.